The van der Waals surface area contributed by atoms with E-state index in [-0.39, 0.29) is 12.4 Å². The van der Waals surface area contributed by atoms with E-state index >= 15 is 0 Å². The minimum Gasteiger partial charge on any atom is -0.382 e. The third kappa shape index (κ3) is 7.62. The van der Waals surface area contributed by atoms with Gasteiger partial charge in [0.2, 0.25) is 5.91 Å². The summed E-state index contributed by atoms with van der Waals surface area (Å²) in [6.45, 7) is 4.47. The SMILES string of the molecule is CCOCCCN(CC(F)(F)F)C(=O)C(C)(C)CCl. The summed E-state index contributed by atoms with van der Waals surface area (Å²) in [7, 11) is 0. The summed E-state index contributed by atoms with van der Waals surface area (Å²) in [5.74, 6) is -0.609. The summed E-state index contributed by atoms with van der Waals surface area (Å²) < 4.78 is 42.5. The second-order valence-electron chi connectivity index (χ2n) is 4.91. The maximum absolute atomic E-state index is 12.5. The fraction of sp³-hybridized carbons (Fsp3) is 0.917. The average molecular weight is 304 g/mol. The van der Waals surface area contributed by atoms with Gasteiger partial charge >= 0.3 is 6.18 Å². The van der Waals surface area contributed by atoms with E-state index < -0.39 is 24.0 Å². The zero-order valence-electron chi connectivity index (χ0n) is 11.5. The first kappa shape index (κ1) is 18.5. The van der Waals surface area contributed by atoms with E-state index in [4.69, 9.17) is 16.3 Å². The number of nitrogens with zero attached hydrogens (tertiary/aromatic N) is 1. The molecule has 0 saturated carbocycles. The van der Waals surface area contributed by atoms with E-state index in [1.165, 1.54) is 13.8 Å². The van der Waals surface area contributed by atoms with Gasteiger partial charge in [0.05, 0.1) is 5.41 Å². The van der Waals surface area contributed by atoms with Crippen molar-refractivity contribution >= 4 is 17.5 Å². The zero-order chi connectivity index (χ0) is 15.1. The van der Waals surface area contributed by atoms with Gasteiger partial charge in [-0.2, -0.15) is 13.2 Å². The van der Waals surface area contributed by atoms with Crippen LogP contribution in [0, 0.1) is 5.41 Å². The van der Waals surface area contributed by atoms with E-state index in [0.717, 1.165) is 4.90 Å². The van der Waals surface area contributed by atoms with Crippen LogP contribution in [0.5, 0.6) is 0 Å². The van der Waals surface area contributed by atoms with Gasteiger partial charge in [-0.15, -0.1) is 11.6 Å². The molecule has 0 aromatic heterocycles. The smallest absolute Gasteiger partial charge is 0.382 e. The Morgan fingerprint density at radius 1 is 1.32 bits per heavy atom. The van der Waals surface area contributed by atoms with Crippen LogP contribution in [0.25, 0.3) is 0 Å². The Kier molecular flexibility index (Phi) is 7.74. The average Bonchev–Trinajstić information content (AvgIpc) is 2.30. The lowest BCUT2D eigenvalue weighted by Crippen LogP contribution is -2.46. The van der Waals surface area contributed by atoms with Crippen LogP contribution in [0.15, 0.2) is 0 Å². The molecular formula is C12H21ClF3NO2. The van der Waals surface area contributed by atoms with E-state index in [9.17, 15) is 18.0 Å². The maximum atomic E-state index is 12.5. The molecule has 19 heavy (non-hydrogen) atoms. The molecule has 0 heterocycles. The van der Waals surface area contributed by atoms with Crippen LogP contribution < -0.4 is 0 Å². The van der Waals surface area contributed by atoms with Gasteiger partial charge in [0, 0.05) is 25.6 Å². The van der Waals surface area contributed by atoms with Crippen molar-refractivity contribution in [2.75, 3.05) is 32.2 Å². The van der Waals surface area contributed by atoms with Gasteiger partial charge in [0.1, 0.15) is 6.54 Å². The summed E-state index contributed by atoms with van der Waals surface area (Å²) >= 11 is 5.63. The number of hydrogen-bond acceptors (Lipinski definition) is 2. The van der Waals surface area contributed by atoms with Crippen LogP contribution in [0.3, 0.4) is 0 Å². The van der Waals surface area contributed by atoms with Gasteiger partial charge in [0.15, 0.2) is 0 Å². The number of hydrogen-bond donors (Lipinski definition) is 0. The van der Waals surface area contributed by atoms with Gasteiger partial charge in [-0.3, -0.25) is 4.79 Å². The van der Waals surface area contributed by atoms with Crippen molar-refractivity contribution in [3.05, 3.63) is 0 Å². The fourth-order valence-corrected chi connectivity index (χ4v) is 1.57. The molecule has 114 valence electrons. The molecule has 0 aliphatic heterocycles. The molecule has 0 unspecified atom stereocenters. The van der Waals surface area contributed by atoms with E-state index in [1.807, 2.05) is 0 Å². The highest BCUT2D eigenvalue weighted by molar-refractivity contribution is 6.19. The largest absolute Gasteiger partial charge is 0.406 e. The molecule has 0 radical (unpaired) electrons. The zero-order valence-corrected chi connectivity index (χ0v) is 12.3. The molecule has 0 rings (SSSR count). The number of ether oxygens (including phenoxy) is 1. The van der Waals surface area contributed by atoms with Crippen molar-refractivity contribution in [3.8, 4) is 0 Å². The maximum Gasteiger partial charge on any atom is 0.406 e. The predicted octanol–water partition coefficient (Wildman–Crippen LogP) is 3.07. The minimum atomic E-state index is -4.41. The molecule has 0 aromatic carbocycles. The number of carbonyl (C=O) groups is 1. The van der Waals surface area contributed by atoms with Crippen LogP contribution in [0.1, 0.15) is 27.2 Å². The molecule has 1 amide bonds. The Balaban J connectivity index is 4.62. The number of rotatable bonds is 8. The number of carbonyl (C=O) groups excluding carboxylic acids is 1. The third-order valence-corrected chi connectivity index (χ3v) is 3.16. The van der Waals surface area contributed by atoms with Crippen molar-refractivity contribution < 1.29 is 22.7 Å². The molecule has 0 aromatic rings. The summed E-state index contributed by atoms with van der Waals surface area (Å²) in [4.78, 5) is 12.8. The lowest BCUT2D eigenvalue weighted by Gasteiger charge is -2.31. The van der Waals surface area contributed by atoms with Crippen LogP contribution >= 0.6 is 11.6 Å². The first-order valence-corrected chi connectivity index (χ1v) is 6.67. The second-order valence-corrected chi connectivity index (χ2v) is 5.18. The highest BCUT2D eigenvalue weighted by atomic mass is 35.5. The van der Waals surface area contributed by atoms with Gasteiger partial charge in [-0.05, 0) is 27.2 Å². The Morgan fingerprint density at radius 2 is 1.89 bits per heavy atom. The Bertz CT molecular complexity index is 283. The molecule has 0 N–H and O–H groups in total. The third-order valence-electron chi connectivity index (χ3n) is 2.49. The monoisotopic (exact) mass is 303 g/mol. The van der Waals surface area contributed by atoms with Crippen molar-refractivity contribution in [3.63, 3.8) is 0 Å². The van der Waals surface area contributed by atoms with Crippen LogP contribution in [-0.4, -0.2) is 49.2 Å². The van der Waals surface area contributed by atoms with Gasteiger partial charge in [0.25, 0.3) is 0 Å². The molecule has 0 fully saturated rings. The van der Waals surface area contributed by atoms with E-state index in [2.05, 4.69) is 0 Å². The Hall–Kier alpha value is -0.490. The van der Waals surface area contributed by atoms with Gasteiger partial charge < -0.3 is 9.64 Å². The molecule has 0 saturated heterocycles. The molecule has 0 aliphatic rings. The molecule has 0 atom stereocenters. The molecule has 7 heteroatoms. The highest BCUT2D eigenvalue weighted by Gasteiger charge is 2.37. The second kappa shape index (κ2) is 7.94. The molecule has 0 bridgehead atoms. The Morgan fingerprint density at radius 3 is 2.32 bits per heavy atom. The van der Waals surface area contributed by atoms with Gasteiger partial charge in [-0.25, -0.2) is 0 Å². The molecular weight excluding hydrogens is 283 g/mol. The molecule has 0 spiro atoms. The lowest BCUT2D eigenvalue weighted by atomic mass is 9.94. The van der Waals surface area contributed by atoms with Crippen LogP contribution in [0.2, 0.25) is 0 Å². The quantitative estimate of drug-likeness (QED) is 0.509. The first-order valence-electron chi connectivity index (χ1n) is 6.14. The number of halogens is 4. The van der Waals surface area contributed by atoms with Crippen LogP contribution in [-0.2, 0) is 9.53 Å². The van der Waals surface area contributed by atoms with Crippen molar-refractivity contribution in [2.24, 2.45) is 5.41 Å². The van der Waals surface area contributed by atoms with E-state index in [1.54, 1.807) is 6.92 Å². The topological polar surface area (TPSA) is 29.5 Å². The number of amides is 1. The van der Waals surface area contributed by atoms with Gasteiger partial charge in [-0.1, -0.05) is 0 Å². The van der Waals surface area contributed by atoms with Crippen molar-refractivity contribution in [1.29, 1.82) is 0 Å². The predicted molar refractivity (Wildman–Crippen MR) is 68.2 cm³/mol. The van der Waals surface area contributed by atoms with Crippen molar-refractivity contribution in [1.82, 2.24) is 4.90 Å². The molecule has 3 nitrogen and oxygen atoms in total. The fourth-order valence-electron chi connectivity index (χ4n) is 1.46. The summed E-state index contributed by atoms with van der Waals surface area (Å²) in [6, 6.07) is 0. The summed E-state index contributed by atoms with van der Waals surface area (Å²) in [5.41, 5.74) is -1.00. The first-order chi connectivity index (χ1) is 8.64. The Labute approximate surface area is 117 Å². The van der Waals surface area contributed by atoms with E-state index in [0.29, 0.717) is 19.6 Å². The summed E-state index contributed by atoms with van der Waals surface area (Å²) in [6.07, 6.45) is -4.04. The highest BCUT2D eigenvalue weighted by Crippen LogP contribution is 2.24. The van der Waals surface area contributed by atoms with Crippen molar-refractivity contribution in [2.45, 2.75) is 33.4 Å². The number of alkyl halides is 4. The lowest BCUT2D eigenvalue weighted by molar-refractivity contribution is -0.166. The minimum absolute atomic E-state index is 0.0126. The normalized spacial score (nSPS) is 12.6. The standard InChI is InChI=1S/C12H21ClF3NO2/c1-4-19-7-5-6-17(9-12(14,15)16)10(18)11(2,3)8-13/h4-9H2,1-3H3. The van der Waals surface area contributed by atoms with Crippen LogP contribution in [0.4, 0.5) is 13.2 Å². The summed E-state index contributed by atoms with van der Waals surface area (Å²) in [5, 5.41) is 0. The molecule has 0 aliphatic carbocycles.